The lowest BCUT2D eigenvalue weighted by atomic mass is 10.1. The van der Waals surface area contributed by atoms with Gasteiger partial charge in [0.05, 0.1) is 6.04 Å². The first-order valence-corrected chi connectivity index (χ1v) is 8.64. The van der Waals surface area contributed by atoms with Crippen LogP contribution in [-0.2, 0) is 6.54 Å². The molecule has 5 nitrogen and oxygen atoms in total. The van der Waals surface area contributed by atoms with Crippen LogP contribution >= 0.6 is 0 Å². The van der Waals surface area contributed by atoms with Gasteiger partial charge in [-0.3, -0.25) is 0 Å². The Kier molecular flexibility index (Phi) is 7.19. The fraction of sp³-hybridized carbons (Fsp3) is 0.368. The highest BCUT2D eigenvalue weighted by atomic mass is 19.4. The molecule has 152 valence electrons. The van der Waals surface area contributed by atoms with Gasteiger partial charge in [0, 0.05) is 25.4 Å². The van der Waals surface area contributed by atoms with Crippen LogP contribution in [0.2, 0.25) is 0 Å². The third kappa shape index (κ3) is 6.40. The predicted octanol–water partition coefficient (Wildman–Crippen LogP) is 4.45. The second-order valence-corrected chi connectivity index (χ2v) is 6.08. The number of aromatic nitrogens is 1. The number of hydrogen-bond acceptors (Lipinski definition) is 3. The molecule has 1 aromatic carbocycles. The van der Waals surface area contributed by atoms with Gasteiger partial charge in [-0.25, -0.2) is 14.2 Å². The number of ether oxygens (including phenoxy) is 1. The number of urea groups is 1. The normalized spacial score (nSPS) is 12.4. The number of carbonyl (C=O) groups excluding carboxylic acids is 1. The van der Waals surface area contributed by atoms with Gasteiger partial charge in [0.15, 0.2) is 6.61 Å². The average Bonchev–Trinajstić information content (AvgIpc) is 2.65. The summed E-state index contributed by atoms with van der Waals surface area (Å²) in [5.74, 6) is -0.527. The lowest BCUT2D eigenvalue weighted by molar-refractivity contribution is -0.154. The molecule has 1 aromatic heterocycles. The summed E-state index contributed by atoms with van der Waals surface area (Å²) in [6.45, 7) is 2.71. The van der Waals surface area contributed by atoms with Crippen LogP contribution in [0.5, 0.6) is 5.88 Å². The average molecular weight is 399 g/mol. The van der Waals surface area contributed by atoms with Crippen LogP contribution in [0.1, 0.15) is 31.0 Å². The van der Waals surface area contributed by atoms with Crippen molar-refractivity contribution in [2.75, 3.05) is 13.2 Å². The van der Waals surface area contributed by atoms with Gasteiger partial charge in [-0.2, -0.15) is 13.2 Å². The van der Waals surface area contributed by atoms with Gasteiger partial charge in [-0.1, -0.05) is 12.1 Å². The van der Waals surface area contributed by atoms with E-state index in [1.165, 1.54) is 24.4 Å². The summed E-state index contributed by atoms with van der Waals surface area (Å²) in [5.41, 5.74) is 1.33. The standard InChI is InChI=1S/C19H21F4N3O2/c1-3-26(13(2)15-4-6-16(20)7-5-15)18(27)25-11-14-8-9-24-17(10-14)28-12-19(21,22)23/h4-10,13H,3,11-12H2,1-2H3,(H,25,27). The van der Waals surface area contributed by atoms with Crippen LogP contribution in [-0.4, -0.2) is 35.2 Å². The molecule has 0 bridgehead atoms. The second kappa shape index (κ2) is 9.38. The van der Waals surface area contributed by atoms with Gasteiger partial charge < -0.3 is 15.0 Å². The molecule has 0 aliphatic carbocycles. The van der Waals surface area contributed by atoms with Crippen molar-refractivity contribution in [3.8, 4) is 5.88 Å². The maximum Gasteiger partial charge on any atom is 0.422 e. The van der Waals surface area contributed by atoms with Gasteiger partial charge in [0.1, 0.15) is 5.82 Å². The molecule has 1 unspecified atom stereocenters. The van der Waals surface area contributed by atoms with Crippen LogP contribution in [0, 0.1) is 5.82 Å². The Balaban J connectivity index is 1.97. The lowest BCUT2D eigenvalue weighted by Gasteiger charge is -2.28. The summed E-state index contributed by atoms with van der Waals surface area (Å²) in [6.07, 6.45) is -3.14. The van der Waals surface area contributed by atoms with Crippen LogP contribution < -0.4 is 10.1 Å². The topological polar surface area (TPSA) is 54.5 Å². The zero-order valence-electron chi connectivity index (χ0n) is 15.5. The third-order valence-electron chi connectivity index (χ3n) is 4.05. The molecule has 1 heterocycles. The van der Waals surface area contributed by atoms with Crippen molar-refractivity contribution >= 4 is 6.03 Å². The van der Waals surface area contributed by atoms with Crippen LogP contribution in [0.15, 0.2) is 42.6 Å². The molecule has 0 radical (unpaired) electrons. The molecule has 28 heavy (non-hydrogen) atoms. The number of halogens is 4. The quantitative estimate of drug-likeness (QED) is 0.700. The largest absolute Gasteiger partial charge is 0.468 e. The van der Waals surface area contributed by atoms with E-state index in [0.717, 1.165) is 5.56 Å². The highest BCUT2D eigenvalue weighted by molar-refractivity contribution is 5.74. The molecule has 9 heteroatoms. The summed E-state index contributed by atoms with van der Waals surface area (Å²) in [4.78, 5) is 17.8. The number of nitrogens with one attached hydrogen (secondary N) is 1. The second-order valence-electron chi connectivity index (χ2n) is 6.08. The van der Waals surface area contributed by atoms with Crippen molar-refractivity contribution in [3.05, 3.63) is 59.5 Å². The van der Waals surface area contributed by atoms with E-state index in [4.69, 9.17) is 0 Å². The molecular weight excluding hydrogens is 378 g/mol. The van der Waals surface area contributed by atoms with Gasteiger partial charge in [0.2, 0.25) is 5.88 Å². The number of amides is 2. The first-order chi connectivity index (χ1) is 13.2. The smallest absolute Gasteiger partial charge is 0.422 e. The molecule has 2 aromatic rings. The van der Waals surface area contributed by atoms with Gasteiger partial charge in [0.25, 0.3) is 0 Å². The third-order valence-corrected chi connectivity index (χ3v) is 4.05. The summed E-state index contributed by atoms with van der Waals surface area (Å²) in [7, 11) is 0. The molecule has 0 aliphatic heterocycles. The Labute approximate surface area is 160 Å². The van der Waals surface area contributed by atoms with Crippen molar-refractivity contribution in [2.45, 2.75) is 32.6 Å². The van der Waals surface area contributed by atoms with E-state index in [1.807, 2.05) is 13.8 Å². The molecule has 0 fully saturated rings. The van der Waals surface area contributed by atoms with Crippen molar-refractivity contribution in [1.82, 2.24) is 15.2 Å². The number of benzene rings is 1. The van der Waals surface area contributed by atoms with Crippen molar-refractivity contribution < 1.29 is 27.1 Å². The zero-order chi connectivity index (χ0) is 20.7. The molecule has 1 atom stereocenters. The Bertz CT molecular complexity index is 781. The molecule has 1 N–H and O–H groups in total. The van der Waals surface area contributed by atoms with Crippen molar-refractivity contribution in [1.29, 1.82) is 0 Å². The van der Waals surface area contributed by atoms with E-state index in [1.54, 1.807) is 23.1 Å². The SMILES string of the molecule is CCN(C(=O)NCc1ccnc(OCC(F)(F)F)c1)C(C)c1ccc(F)cc1. The summed E-state index contributed by atoms with van der Waals surface area (Å²) >= 11 is 0. The van der Waals surface area contributed by atoms with E-state index in [9.17, 15) is 22.4 Å². The minimum atomic E-state index is -4.45. The maximum absolute atomic E-state index is 13.1. The number of hydrogen-bond donors (Lipinski definition) is 1. The minimum absolute atomic E-state index is 0.0936. The Morgan fingerprint density at radius 2 is 1.93 bits per heavy atom. The van der Waals surface area contributed by atoms with Crippen LogP contribution in [0.25, 0.3) is 0 Å². The Morgan fingerprint density at radius 3 is 2.54 bits per heavy atom. The van der Waals surface area contributed by atoms with E-state index in [0.29, 0.717) is 12.1 Å². The van der Waals surface area contributed by atoms with Crippen LogP contribution in [0.4, 0.5) is 22.4 Å². The Morgan fingerprint density at radius 1 is 1.25 bits per heavy atom. The number of carbonyl (C=O) groups is 1. The van der Waals surface area contributed by atoms with E-state index in [-0.39, 0.29) is 30.3 Å². The Hall–Kier alpha value is -2.84. The van der Waals surface area contributed by atoms with Gasteiger partial charge in [-0.15, -0.1) is 0 Å². The summed E-state index contributed by atoms with van der Waals surface area (Å²) in [5, 5.41) is 2.72. The van der Waals surface area contributed by atoms with E-state index >= 15 is 0 Å². The lowest BCUT2D eigenvalue weighted by Crippen LogP contribution is -2.41. The van der Waals surface area contributed by atoms with Crippen molar-refractivity contribution in [3.63, 3.8) is 0 Å². The van der Waals surface area contributed by atoms with E-state index in [2.05, 4.69) is 15.0 Å². The molecule has 0 saturated heterocycles. The molecule has 0 saturated carbocycles. The summed E-state index contributed by atoms with van der Waals surface area (Å²) in [6, 6.07) is 8.16. The van der Waals surface area contributed by atoms with Gasteiger partial charge in [-0.05, 0) is 43.2 Å². The van der Waals surface area contributed by atoms with Gasteiger partial charge >= 0.3 is 12.2 Å². The molecule has 2 rings (SSSR count). The highest BCUT2D eigenvalue weighted by Gasteiger charge is 2.28. The number of nitrogens with zero attached hydrogens (tertiary/aromatic N) is 2. The predicted molar refractivity (Wildman–Crippen MR) is 95.2 cm³/mol. The first kappa shape index (κ1) is 21.5. The summed E-state index contributed by atoms with van der Waals surface area (Å²) < 4.78 is 54.4. The molecular formula is C19H21F4N3O2. The number of rotatable bonds is 7. The molecule has 0 spiro atoms. The fourth-order valence-electron chi connectivity index (χ4n) is 2.59. The number of pyridine rings is 1. The monoisotopic (exact) mass is 399 g/mol. The minimum Gasteiger partial charge on any atom is -0.468 e. The first-order valence-electron chi connectivity index (χ1n) is 8.64. The zero-order valence-corrected chi connectivity index (χ0v) is 15.5. The number of alkyl halides is 3. The van der Waals surface area contributed by atoms with Crippen LogP contribution in [0.3, 0.4) is 0 Å². The molecule has 0 aliphatic rings. The highest BCUT2D eigenvalue weighted by Crippen LogP contribution is 2.21. The van der Waals surface area contributed by atoms with E-state index < -0.39 is 12.8 Å². The molecule has 2 amide bonds. The fourth-order valence-corrected chi connectivity index (χ4v) is 2.59. The van der Waals surface area contributed by atoms with Crippen molar-refractivity contribution in [2.24, 2.45) is 0 Å². The maximum atomic E-state index is 13.1.